The maximum absolute atomic E-state index is 11.9. The average molecular weight is 541 g/mol. The van der Waals surface area contributed by atoms with Gasteiger partial charge in [0.05, 0.1) is 12.7 Å². The Labute approximate surface area is 220 Å². The van der Waals surface area contributed by atoms with E-state index in [9.17, 15) is 19.3 Å². The second-order valence-electron chi connectivity index (χ2n) is 7.86. The predicted molar refractivity (Wildman–Crippen MR) is 143 cm³/mol. The molecular formula is C27H41O9P. The molecule has 0 aliphatic rings. The molecule has 0 fully saturated rings. The van der Waals surface area contributed by atoms with Crippen molar-refractivity contribution in [1.29, 1.82) is 0 Å². The molecule has 0 aliphatic carbocycles. The van der Waals surface area contributed by atoms with Crippen LogP contribution in [-0.4, -0.2) is 52.3 Å². The van der Waals surface area contributed by atoms with Gasteiger partial charge in [0.1, 0.15) is 6.61 Å². The van der Waals surface area contributed by atoms with Crippen molar-refractivity contribution in [3.63, 3.8) is 0 Å². The lowest BCUT2D eigenvalue weighted by Gasteiger charge is -2.17. The molecular weight excluding hydrogens is 499 g/mol. The van der Waals surface area contributed by atoms with Gasteiger partial charge in [-0.25, -0.2) is 4.57 Å². The molecule has 0 saturated carbocycles. The fourth-order valence-corrected chi connectivity index (χ4v) is 2.98. The minimum atomic E-state index is -4.74. The van der Waals surface area contributed by atoms with E-state index in [1.54, 1.807) is 6.08 Å². The minimum absolute atomic E-state index is 0.0549. The van der Waals surface area contributed by atoms with Gasteiger partial charge in [-0.2, -0.15) is 0 Å². The summed E-state index contributed by atoms with van der Waals surface area (Å²) in [5.74, 6) is -1.22. The highest BCUT2D eigenvalue weighted by Gasteiger charge is 2.22. The van der Waals surface area contributed by atoms with Gasteiger partial charge in [0, 0.05) is 13.3 Å². The van der Waals surface area contributed by atoms with E-state index in [1.807, 2.05) is 54.7 Å². The van der Waals surface area contributed by atoms with E-state index in [-0.39, 0.29) is 13.0 Å². The molecule has 0 radical (unpaired) electrons. The molecule has 3 N–H and O–H groups in total. The van der Waals surface area contributed by atoms with E-state index < -0.39 is 38.6 Å². The molecule has 0 heterocycles. The zero-order valence-electron chi connectivity index (χ0n) is 21.7. The van der Waals surface area contributed by atoms with Crippen molar-refractivity contribution in [3.8, 4) is 0 Å². The number of ether oxygens (including phenoxy) is 2. The first-order chi connectivity index (χ1) is 17.6. The van der Waals surface area contributed by atoms with Crippen LogP contribution in [0.2, 0.25) is 0 Å². The van der Waals surface area contributed by atoms with Crippen molar-refractivity contribution in [3.05, 3.63) is 72.9 Å². The lowest BCUT2D eigenvalue weighted by Crippen LogP contribution is -2.29. The predicted octanol–water partition coefficient (Wildman–Crippen LogP) is 5.02. The highest BCUT2D eigenvalue weighted by molar-refractivity contribution is 7.46. The average Bonchev–Trinajstić information content (AvgIpc) is 2.83. The Morgan fingerprint density at radius 3 is 2.14 bits per heavy atom. The number of aliphatic hydroxyl groups excluding tert-OH is 1. The van der Waals surface area contributed by atoms with Crippen LogP contribution in [0, 0.1) is 0 Å². The smallest absolute Gasteiger partial charge is 0.462 e. The summed E-state index contributed by atoms with van der Waals surface area (Å²) < 4.78 is 24.9. The van der Waals surface area contributed by atoms with Crippen LogP contribution in [0.1, 0.15) is 58.8 Å². The van der Waals surface area contributed by atoms with E-state index >= 15 is 0 Å². The molecule has 2 atom stereocenters. The van der Waals surface area contributed by atoms with Crippen LogP contribution in [0.15, 0.2) is 72.9 Å². The molecule has 37 heavy (non-hydrogen) atoms. The monoisotopic (exact) mass is 540 g/mol. The molecule has 0 rings (SSSR count). The topological polar surface area (TPSA) is 140 Å². The first-order valence-electron chi connectivity index (χ1n) is 12.3. The van der Waals surface area contributed by atoms with Crippen molar-refractivity contribution in [1.82, 2.24) is 0 Å². The highest BCUT2D eigenvalue weighted by Crippen LogP contribution is 2.35. The summed E-state index contributed by atoms with van der Waals surface area (Å²) in [6, 6.07) is 0. The summed E-state index contributed by atoms with van der Waals surface area (Å²) in [4.78, 5) is 40.4. The van der Waals surface area contributed by atoms with E-state index in [1.165, 1.54) is 0 Å². The molecule has 10 heteroatoms. The number of phosphoric ester groups is 1. The van der Waals surface area contributed by atoms with Crippen LogP contribution in [0.4, 0.5) is 0 Å². The summed E-state index contributed by atoms with van der Waals surface area (Å²) in [5.41, 5.74) is 0. The second kappa shape index (κ2) is 22.6. The molecule has 0 amide bonds. The molecule has 0 aromatic heterocycles. The standard InChI is InChI=1S/C27H41O9P/c1-3-4-5-6-13-16-19-25(29)20-17-14-11-9-7-8-10-12-15-18-21-27(30)36-26(22-34-24(2)28)23-35-37(31,32)33/h4-5,7-8,11-17,20,25-26,29H,3,6,9-10,18-19,21-23H2,1-2H3,(H2,31,32,33)/b5-4-,8-7-,14-11-,15-12-,16-13-,20-17+/t25?,26-/m1/s1. The largest absolute Gasteiger partial charge is 0.469 e. The van der Waals surface area contributed by atoms with Crippen molar-refractivity contribution in [2.24, 2.45) is 0 Å². The number of hydrogen-bond acceptors (Lipinski definition) is 7. The number of rotatable bonds is 20. The third-order valence-electron chi connectivity index (χ3n) is 4.39. The van der Waals surface area contributed by atoms with Gasteiger partial charge in [-0.3, -0.25) is 14.1 Å². The van der Waals surface area contributed by atoms with Gasteiger partial charge in [0.25, 0.3) is 0 Å². The van der Waals surface area contributed by atoms with E-state index in [2.05, 4.69) is 23.6 Å². The second-order valence-corrected chi connectivity index (χ2v) is 9.10. The number of carbonyl (C=O) groups excluding carboxylic acids is 2. The Hall–Kier alpha value is -2.55. The number of esters is 2. The lowest BCUT2D eigenvalue weighted by molar-refractivity contribution is -0.160. The van der Waals surface area contributed by atoms with E-state index in [0.29, 0.717) is 19.3 Å². The van der Waals surface area contributed by atoms with Gasteiger partial charge in [-0.05, 0) is 38.5 Å². The number of hydrogen-bond donors (Lipinski definition) is 3. The van der Waals surface area contributed by atoms with Gasteiger partial charge in [0.15, 0.2) is 6.10 Å². The van der Waals surface area contributed by atoms with Gasteiger partial charge in [-0.15, -0.1) is 0 Å². The van der Waals surface area contributed by atoms with Gasteiger partial charge < -0.3 is 24.4 Å². The Morgan fingerprint density at radius 2 is 1.49 bits per heavy atom. The summed E-state index contributed by atoms with van der Waals surface area (Å²) in [7, 11) is -4.74. The van der Waals surface area contributed by atoms with Crippen LogP contribution in [0.3, 0.4) is 0 Å². The maximum atomic E-state index is 11.9. The molecule has 9 nitrogen and oxygen atoms in total. The molecule has 0 spiro atoms. The normalized spacial score (nSPS) is 14.6. The van der Waals surface area contributed by atoms with Crippen LogP contribution < -0.4 is 0 Å². The van der Waals surface area contributed by atoms with Crippen LogP contribution in [0.5, 0.6) is 0 Å². The van der Waals surface area contributed by atoms with Crippen LogP contribution in [0.25, 0.3) is 0 Å². The van der Waals surface area contributed by atoms with Crippen LogP contribution in [-0.2, 0) is 28.2 Å². The third kappa shape index (κ3) is 26.3. The summed E-state index contributed by atoms with van der Waals surface area (Å²) in [6.45, 7) is 2.30. The number of phosphoric acid groups is 1. The SMILES string of the molecule is CC/C=C\C/C=C\CC(O)/C=C/C=C\C/C=C\C/C=C\CCC(=O)O[C@H](COC(C)=O)COP(=O)(O)O. The molecule has 1 unspecified atom stereocenters. The van der Waals surface area contributed by atoms with Crippen molar-refractivity contribution in [2.45, 2.75) is 71.0 Å². The zero-order chi connectivity index (χ0) is 27.8. The van der Waals surface area contributed by atoms with Crippen molar-refractivity contribution >= 4 is 19.8 Å². The fourth-order valence-electron chi connectivity index (χ4n) is 2.62. The minimum Gasteiger partial charge on any atom is -0.462 e. The number of aliphatic hydroxyl groups is 1. The Balaban J connectivity index is 4.09. The fraction of sp³-hybridized carbons (Fsp3) is 0.481. The molecule has 0 bridgehead atoms. The highest BCUT2D eigenvalue weighted by atomic mass is 31.2. The van der Waals surface area contributed by atoms with Crippen molar-refractivity contribution in [2.75, 3.05) is 13.2 Å². The molecule has 208 valence electrons. The molecule has 0 aliphatic heterocycles. The van der Waals surface area contributed by atoms with Gasteiger partial charge in [0.2, 0.25) is 0 Å². The summed E-state index contributed by atoms with van der Waals surface area (Å²) in [5, 5.41) is 9.88. The Morgan fingerprint density at radius 1 is 0.865 bits per heavy atom. The summed E-state index contributed by atoms with van der Waals surface area (Å²) in [6.07, 6.45) is 26.2. The maximum Gasteiger partial charge on any atom is 0.469 e. The Kier molecular flexibility index (Phi) is 21.1. The molecule has 0 aromatic carbocycles. The Bertz CT molecular complexity index is 850. The number of carbonyl (C=O) groups is 2. The third-order valence-corrected chi connectivity index (χ3v) is 4.88. The molecule has 0 aromatic rings. The first kappa shape index (κ1) is 34.5. The number of allylic oxidation sites excluding steroid dienone is 10. The lowest BCUT2D eigenvalue weighted by atomic mass is 10.2. The zero-order valence-corrected chi connectivity index (χ0v) is 22.6. The van der Waals surface area contributed by atoms with Gasteiger partial charge >= 0.3 is 19.8 Å². The first-order valence-corrected chi connectivity index (χ1v) is 13.8. The quantitative estimate of drug-likeness (QED) is 0.0840. The van der Waals surface area contributed by atoms with Gasteiger partial charge in [-0.1, -0.05) is 79.8 Å². The molecule has 0 saturated heterocycles. The van der Waals surface area contributed by atoms with Crippen molar-refractivity contribution < 1.29 is 43.0 Å². The van der Waals surface area contributed by atoms with E-state index in [0.717, 1.165) is 26.2 Å². The summed E-state index contributed by atoms with van der Waals surface area (Å²) >= 11 is 0. The van der Waals surface area contributed by atoms with Crippen LogP contribution >= 0.6 is 7.82 Å². The van der Waals surface area contributed by atoms with E-state index in [4.69, 9.17) is 19.3 Å².